The first-order valence-electron chi connectivity index (χ1n) is 5.20. The predicted molar refractivity (Wildman–Crippen MR) is 58.1 cm³/mol. The highest BCUT2D eigenvalue weighted by Crippen LogP contribution is 1.90. The number of carbonyl (C=O) groups is 1. The molecule has 0 amide bonds. The molecule has 0 fully saturated rings. The Labute approximate surface area is 96.0 Å². The van der Waals surface area contributed by atoms with Gasteiger partial charge in [-0.05, 0) is 0 Å². The van der Waals surface area contributed by atoms with Crippen molar-refractivity contribution in [1.29, 1.82) is 0 Å². The zero-order valence-electron chi connectivity index (χ0n) is 9.94. The fourth-order valence-corrected chi connectivity index (χ4v) is 0.933. The van der Waals surface area contributed by atoms with Gasteiger partial charge in [-0.1, -0.05) is 0 Å². The molecule has 0 radical (unpaired) electrons. The van der Waals surface area contributed by atoms with E-state index in [4.69, 9.17) is 24.7 Å². The Morgan fingerprint density at radius 1 is 1.12 bits per heavy atom. The predicted octanol–water partition coefficient (Wildman–Crippen LogP) is -0.444. The molecule has 16 heavy (non-hydrogen) atoms. The van der Waals surface area contributed by atoms with Gasteiger partial charge in [-0.25, -0.2) is 0 Å². The van der Waals surface area contributed by atoms with Crippen LogP contribution in [-0.4, -0.2) is 59.3 Å². The zero-order chi connectivity index (χ0) is 12.2. The summed E-state index contributed by atoms with van der Waals surface area (Å²) in [7, 11) is 3.10. The number of nitrogens with two attached hydrogens (primary N) is 1. The van der Waals surface area contributed by atoms with Crippen molar-refractivity contribution in [2.75, 3.05) is 47.3 Å². The molecule has 1 unspecified atom stereocenters. The van der Waals surface area contributed by atoms with Crippen molar-refractivity contribution in [2.24, 2.45) is 5.73 Å². The minimum atomic E-state index is -0.709. The summed E-state index contributed by atoms with van der Waals surface area (Å²) in [6.07, 6.45) is 0.648. The van der Waals surface area contributed by atoms with Crippen molar-refractivity contribution in [2.45, 2.75) is 12.5 Å². The number of ether oxygens (including phenoxy) is 4. The highest BCUT2D eigenvalue weighted by molar-refractivity contribution is 5.75. The topological polar surface area (TPSA) is 80.0 Å². The molecule has 0 aliphatic rings. The first-order chi connectivity index (χ1) is 7.72. The van der Waals surface area contributed by atoms with Gasteiger partial charge in [0.2, 0.25) is 0 Å². The first-order valence-corrected chi connectivity index (χ1v) is 5.20. The summed E-state index contributed by atoms with van der Waals surface area (Å²) in [5.74, 6) is -0.446. The van der Waals surface area contributed by atoms with Crippen molar-refractivity contribution in [1.82, 2.24) is 0 Å². The van der Waals surface area contributed by atoms with Crippen LogP contribution >= 0.6 is 0 Å². The summed E-state index contributed by atoms with van der Waals surface area (Å²) in [5, 5.41) is 0. The Balaban J connectivity index is 3.27. The standard InChI is InChI=1S/C10H21NO5/c1-13-6-7-15-4-3-5-16-10(12)9(11)8-14-2/h9H,3-8,11H2,1-2H3. The van der Waals surface area contributed by atoms with Crippen LogP contribution in [0.4, 0.5) is 0 Å². The molecule has 0 aromatic heterocycles. The number of hydrogen-bond acceptors (Lipinski definition) is 6. The van der Waals surface area contributed by atoms with Gasteiger partial charge in [0.1, 0.15) is 6.04 Å². The van der Waals surface area contributed by atoms with Gasteiger partial charge in [0, 0.05) is 27.2 Å². The van der Waals surface area contributed by atoms with Crippen LogP contribution in [0.5, 0.6) is 0 Å². The number of carbonyl (C=O) groups excluding carboxylic acids is 1. The lowest BCUT2D eigenvalue weighted by Gasteiger charge is -2.10. The smallest absolute Gasteiger partial charge is 0.325 e. The van der Waals surface area contributed by atoms with Crippen LogP contribution in [0.1, 0.15) is 6.42 Å². The molecule has 96 valence electrons. The summed E-state index contributed by atoms with van der Waals surface area (Å²) in [6.45, 7) is 2.13. The fraction of sp³-hybridized carbons (Fsp3) is 0.900. The zero-order valence-corrected chi connectivity index (χ0v) is 9.94. The van der Waals surface area contributed by atoms with E-state index in [1.54, 1.807) is 7.11 Å². The lowest BCUT2D eigenvalue weighted by Crippen LogP contribution is -2.36. The maximum absolute atomic E-state index is 11.2. The van der Waals surface area contributed by atoms with Crippen molar-refractivity contribution in [3.63, 3.8) is 0 Å². The van der Waals surface area contributed by atoms with Gasteiger partial charge in [0.05, 0.1) is 26.4 Å². The highest BCUT2D eigenvalue weighted by atomic mass is 16.5. The molecule has 0 aliphatic heterocycles. The number of rotatable bonds is 10. The molecule has 6 nitrogen and oxygen atoms in total. The average molecular weight is 235 g/mol. The van der Waals surface area contributed by atoms with Crippen LogP contribution < -0.4 is 5.73 Å². The second kappa shape index (κ2) is 10.8. The Kier molecular flexibility index (Phi) is 10.3. The summed E-state index contributed by atoms with van der Waals surface area (Å²) in [5.41, 5.74) is 5.46. The second-order valence-electron chi connectivity index (χ2n) is 3.19. The van der Waals surface area contributed by atoms with Crippen LogP contribution in [0.3, 0.4) is 0 Å². The molecule has 0 heterocycles. The van der Waals surface area contributed by atoms with Crippen LogP contribution in [0.25, 0.3) is 0 Å². The Bertz CT molecular complexity index is 177. The molecular weight excluding hydrogens is 214 g/mol. The maximum Gasteiger partial charge on any atom is 0.325 e. The summed E-state index contributed by atoms with van der Waals surface area (Å²) in [4.78, 5) is 11.2. The van der Waals surface area contributed by atoms with Crippen molar-refractivity contribution < 1.29 is 23.7 Å². The van der Waals surface area contributed by atoms with E-state index in [2.05, 4.69) is 0 Å². The minimum absolute atomic E-state index is 0.170. The lowest BCUT2D eigenvalue weighted by atomic mass is 10.3. The summed E-state index contributed by atoms with van der Waals surface area (Å²) >= 11 is 0. The number of hydrogen-bond donors (Lipinski definition) is 1. The van der Waals surface area contributed by atoms with E-state index in [-0.39, 0.29) is 6.61 Å². The molecule has 0 bridgehead atoms. The minimum Gasteiger partial charge on any atom is -0.464 e. The third-order valence-electron chi connectivity index (χ3n) is 1.76. The fourth-order valence-electron chi connectivity index (χ4n) is 0.933. The molecule has 2 N–H and O–H groups in total. The van der Waals surface area contributed by atoms with E-state index in [1.165, 1.54) is 7.11 Å². The van der Waals surface area contributed by atoms with Gasteiger partial charge >= 0.3 is 5.97 Å². The van der Waals surface area contributed by atoms with E-state index in [0.29, 0.717) is 32.8 Å². The van der Waals surface area contributed by atoms with E-state index >= 15 is 0 Å². The monoisotopic (exact) mass is 235 g/mol. The van der Waals surface area contributed by atoms with Gasteiger partial charge in [-0.2, -0.15) is 0 Å². The van der Waals surface area contributed by atoms with Crippen molar-refractivity contribution >= 4 is 5.97 Å². The highest BCUT2D eigenvalue weighted by Gasteiger charge is 2.13. The van der Waals surface area contributed by atoms with Gasteiger partial charge < -0.3 is 24.7 Å². The van der Waals surface area contributed by atoms with Crippen LogP contribution in [0.2, 0.25) is 0 Å². The first kappa shape index (κ1) is 15.3. The van der Waals surface area contributed by atoms with Crippen LogP contribution in [-0.2, 0) is 23.7 Å². The molecule has 0 rings (SSSR count). The van der Waals surface area contributed by atoms with Gasteiger partial charge in [0.15, 0.2) is 0 Å². The molecule has 1 atom stereocenters. The SMILES string of the molecule is COCCOCCCOC(=O)C(N)COC. The molecular formula is C10H21NO5. The van der Waals surface area contributed by atoms with Crippen molar-refractivity contribution in [3.05, 3.63) is 0 Å². The molecule has 0 spiro atoms. The molecule has 0 aromatic rings. The average Bonchev–Trinajstić information content (AvgIpc) is 2.28. The van der Waals surface area contributed by atoms with Crippen LogP contribution in [0.15, 0.2) is 0 Å². The molecule has 0 aromatic carbocycles. The van der Waals surface area contributed by atoms with Gasteiger partial charge in [-0.15, -0.1) is 0 Å². The van der Waals surface area contributed by atoms with Gasteiger partial charge in [-0.3, -0.25) is 4.79 Å². The van der Waals surface area contributed by atoms with Crippen LogP contribution in [0, 0.1) is 0 Å². The Morgan fingerprint density at radius 2 is 1.88 bits per heavy atom. The Hall–Kier alpha value is -0.690. The quantitative estimate of drug-likeness (QED) is 0.408. The largest absolute Gasteiger partial charge is 0.464 e. The third-order valence-corrected chi connectivity index (χ3v) is 1.76. The summed E-state index contributed by atoms with van der Waals surface area (Å²) < 4.78 is 19.6. The second-order valence-corrected chi connectivity index (χ2v) is 3.19. The van der Waals surface area contributed by atoms with Crippen molar-refractivity contribution in [3.8, 4) is 0 Å². The van der Waals surface area contributed by atoms with E-state index in [0.717, 1.165) is 0 Å². The normalized spacial score (nSPS) is 12.4. The number of methoxy groups -OCH3 is 2. The van der Waals surface area contributed by atoms with Gasteiger partial charge in [0.25, 0.3) is 0 Å². The summed E-state index contributed by atoms with van der Waals surface area (Å²) in [6, 6.07) is -0.709. The molecule has 6 heteroatoms. The van der Waals surface area contributed by atoms with E-state index < -0.39 is 12.0 Å². The molecule has 0 saturated heterocycles. The van der Waals surface area contributed by atoms with E-state index in [9.17, 15) is 4.79 Å². The Morgan fingerprint density at radius 3 is 2.50 bits per heavy atom. The molecule has 0 aliphatic carbocycles. The number of esters is 1. The lowest BCUT2D eigenvalue weighted by molar-refractivity contribution is -0.146. The van der Waals surface area contributed by atoms with E-state index in [1.807, 2.05) is 0 Å². The third kappa shape index (κ3) is 8.60. The maximum atomic E-state index is 11.2. The molecule has 0 saturated carbocycles.